The lowest BCUT2D eigenvalue weighted by atomic mass is 9.91. The molecule has 1 fully saturated rings. The molecule has 1 aliphatic rings. The van der Waals surface area contributed by atoms with E-state index in [1.54, 1.807) is 18.2 Å². The molecule has 0 aromatic heterocycles. The molecule has 178 valence electrons. The Morgan fingerprint density at radius 3 is 2.27 bits per heavy atom. The number of sulfonamides is 1. The highest BCUT2D eigenvalue weighted by Crippen LogP contribution is 2.27. The Morgan fingerprint density at radius 1 is 1.03 bits per heavy atom. The fourth-order valence-electron chi connectivity index (χ4n) is 4.23. The van der Waals surface area contributed by atoms with E-state index in [1.807, 2.05) is 11.8 Å². The van der Waals surface area contributed by atoms with Gasteiger partial charge in [0.05, 0.1) is 7.11 Å². The molecular formula is C24H31N3O5S. The molecule has 0 saturated carbocycles. The van der Waals surface area contributed by atoms with E-state index in [9.17, 15) is 18.0 Å². The van der Waals surface area contributed by atoms with Crippen LogP contribution in [0.25, 0.3) is 0 Å². The minimum Gasteiger partial charge on any atom is -0.495 e. The number of benzene rings is 2. The molecule has 2 N–H and O–H groups in total. The first-order chi connectivity index (χ1) is 15.6. The normalized spacial score (nSPS) is 18.6. The summed E-state index contributed by atoms with van der Waals surface area (Å²) < 4.78 is 32.0. The van der Waals surface area contributed by atoms with Crippen LogP contribution >= 0.6 is 0 Å². The van der Waals surface area contributed by atoms with Crippen LogP contribution in [0.3, 0.4) is 0 Å². The van der Waals surface area contributed by atoms with Gasteiger partial charge < -0.3 is 15.0 Å². The third-order valence-corrected chi connectivity index (χ3v) is 7.31. The maximum absolute atomic E-state index is 13.1. The summed E-state index contributed by atoms with van der Waals surface area (Å²) in [6.07, 6.45) is 1.10. The van der Waals surface area contributed by atoms with E-state index in [2.05, 4.69) is 23.9 Å². The average Bonchev–Trinajstić information content (AvgIpc) is 2.78. The SMILES string of the molecule is CNS(=O)(=O)c1cc(C(=O)Nc2cc(C(=O)N3CC(C)CC(C)C3)ccc2C)ccc1OC. The van der Waals surface area contributed by atoms with Gasteiger partial charge in [0, 0.05) is 29.9 Å². The van der Waals surface area contributed by atoms with Crippen LogP contribution in [0.2, 0.25) is 0 Å². The van der Waals surface area contributed by atoms with Crippen molar-refractivity contribution in [1.29, 1.82) is 0 Å². The molecule has 0 radical (unpaired) electrons. The summed E-state index contributed by atoms with van der Waals surface area (Å²) in [6.45, 7) is 7.56. The number of carbonyl (C=O) groups is 2. The molecule has 9 heteroatoms. The fraction of sp³-hybridized carbons (Fsp3) is 0.417. The molecule has 2 aromatic carbocycles. The second-order valence-corrected chi connectivity index (χ2v) is 10.6. The maximum atomic E-state index is 13.1. The van der Waals surface area contributed by atoms with Crippen molar-refractivity contribution in [2.75, 3.05) is 32.6 Å². The van der Waals surface area contributed by atoms with Crippen LogP contribution in [0.1, 0.15) is 46.5 Å². The predicted molar refractivity (Wildman–Crippen MR) is 127 cm³/mol. The van der Waals surface area contributed by atoms with Crippen molar-refractivity contribution in [2.24, 2.45) is 11.8 Å². The monoisotopic (exact) mass is 473 g/mol. The van der Waals surface area contributed by atoms with Crippen molar-refractivity contribution >= 4 is 27.5 Å². The number of nitrogens with zero attached hydrogens (tertiary/aromatic N) is 1. The van der Waals surface area contributed by atoms with Gasteiger partial charge in [-0.2, -0.15) is 0 Å². The minimum absolute atomic E-state index is 0.0595. The van der Waals surface area contributed by atoms with Gasteiger partial charge in [0.15, 0.2) is 0 Å². The van der Waals surface area contributed by atoms with Gasteiger partial charge in [-0.25, -0.2) is 13.1 Å². The van der Waals surface area contributed by atoms with Gasteiger partial charge in [-0.3, -0.25) is 9.59 Å². The molecule has 0 bridgehead atoms. The smallest absolute Gasteiger partial charge is 0.255 e. The molecule has 0 spiro atoms. The topological polar surface area (TPSA) is 105 Å². The number of likely N-dealkylation sites (tertiary alicyclic amines) is 1. The number of anilines is 1. The van der Waals surface area contributed by atoms with Gasteiger partial charge in [-0.15, -0.1) is 0 Å². The number of carbonyl (C=O) groups excluding carboxylic acids is 2. The molecule has 2 aromatic rings. The van der Waals surface area contributed by atoms with Gasteiger partial charge in [0.2, 0.25) is 10.0 Å². The summed E-state index contributed by atoms with van der Waals surface area (Å²) in [6, 6.07) is 9.43. The maximum Gasteiger partial charge on any atom is 0.255 e. The zero-order valence-electron chi connectivity index (χ0n) is 19.6. The van der Waals surface area contributed by atoms with Crippen LogP contribution in [-0.4, -0.2) is 52.4 Å². The highest BCUT2D eigenvalue weighted by molar-refractivity contribution is 7.89. The molecule has 1 heterocycles. The molecule has 2 atom stereocenters. The van der Waals surface area contributed by atoms with E-state index in [0.717, 1.165) is 12.0 Å². The van der Waals surface area contributed by atoms with Crippen LogP contribution in [0.4, 0.5) is 5.69 Å². The van der Waals surface area contributed by atoms with Gasteiger partial charge in [-0.1, -0.05) is 19.9 Å². The van der Waals surface area contributed by atoms with E-state index in [0.29, 0.717) is 36.2 Å². The summed E-state index contributed by atoms with van der Waals surface area (Å²) >= 11 is 0. The molecule has 2 amide bonds. The lowest BCUT2D eigenvalue weighted by molar-refractivity contribution is 0.0623. The third kappa shape index (κ3) is 5.54. The Morgan fingerprint density at radius 2 is 1.67 bits per heavy atom. The van der Waals surface area contributed by atoms with Crippen LogP contribution in [0, 0.1) is 18.8 Å². The van der Waals surface area contributed by atoms with Crippen molar-refractivity contribution in [3.63, 3.8) is 0 Å². The summed E-state index contributed by atoms with van der Waals surface area (Å²) in [4.78, 5) is 27.8. The van der Waals surface area contributed by atoms with Crippen molar-refractivity contribution < 1.29 is 22.7 Å². The number of rotatable bonds is 6. The number of hydrogen-bond donors (Lipinski definition) is 2. The van der Waals surface area contributed by atoms with Crippen LogP contribution in [0.5, 0.6) is 5.75 Å². The van der Waals surface area contributed by atoms with Crippen molar-refractivity contribution in [3.8, 4) is 5.75 Å². The van der Waals surface area contributed by atoms with E-state index < -0.39 is 15.9 Å². The Kier molecular flexibility index (Phi) is 7.44. The van der Waals surface area contributed by atoms with Gasteiger partial charge in [0.25, 0.3) is 11.8 Å². The third-order valence-electron chi connectivity index (χ3n) is 5.87. The van der Waals surface area contributed by atoms with Crippen LogP contribution in [0.15, 0.2) is 41.3 Å². The Hall–Kier alpha value is -2.91. The summed E-state index contributed by atoms with van der Waals surface area (Å²) in [5.74, 6) is 0.476. The molecule has 8 nitrogen and oxygen atoms in total. The Balaban J connectivity index is 1.86. The number of aryl methyl sites for hydroxylation is 1. The zero-order chi connectivity index (χ0) is 24.3. The highest BCUT2D eigenvalue weighted by Gasteiger charge is 2.26. The lowest BCUT2D eigenvalue weighted by Crippen LogP contribution is -2.42. The second-order valence-electron chi connectivity index (χ2n) is 8.71. The molecule has 3 rings (SSSR count). The van der Waals surface area contributed by atoms with Crippen LogP contribution < -0.4 is 14.8 Å². The van der Waals surface area contributed by atoms with Gasteiger partial charge in [-0.05, 0) is 68.1 Å². The van der Waals surface area contributed by atoms with E-state index in [1.165, 1.54) is 32.4 Å². The zero-order valence-corrected chi connectivity index (χ0v) is 20.5. The largest absolute Gasteiger partial charge is 0.495 e. The van der Waals surface area contributed by atoms with Crippen molar-refractivity contribution in [2.45, 2.75) is 32.1 Å². The number of ether oxygens (including phenoxy) is 1. The van der Waals surface area contributed by atoms with Crippen molar-refractivity contribution in [3.05, 3.63) is 53.1 Å². The number of methoxy groups -OCH3 is 1. The summed E-state index contributed by atoms with van der Waals surface area (Å²) in [5, 5.41) is 2.81. The molecule has 2 unspecified atom stereocenters. The fourth-order valence-corrected chi connectivity index (χ4v) is 5.15. The first kappa shape index (κ1) is 24.7. The molecular weight excluding hydrogens is 442 g/mol. The number of nitrogens with one attached hydrogen (secondary N) is 2. The highest BCUT2D eigenvalue weighted by atomic mass is 32.2. The Labute approximate surface area is 195 Å². The molecule has 1 aliphatic heterocycles. The minimum atomic E-state index is -3.82. The summed E-state index contributed by atoms with van der Waals surface area (Å²) in [5.41, 5.74) is 1.94. The standard InChI is InChI=1S/C24H31N3O5S/c1-15-10-16(2)14-27(13-15)24(29)19-7-6-17(3)20(11-19)26-23(28)18-8-9-21(32-5)22(12-18)33(30,31)25-4/h6-9,11-12,15-16,25H,10,13-14H2,1-5H3,(H,26,28). The van der Waals surface area contributed by atoms with E-state index in [4.69, 9.17) is 4.74 Å². The molecule has 1 saturated heterocycles. The second kappa shape index (κ2) is 9.93. The number of hydrogen-bond acceptors (Lipinski definition) is 5. The van der Waals surface area contributed by atoms with E-state index >= 15 is 0 Å². The Bertz CT molecular complexity index is 1150. The van der Waals surface area contributed by atoms with Crippen molar-refractivity contribution in [1.82, 2.24) is 9.62 Å². The van der Waals surface area contributed by atoms with Gasteiger partial charge in [0.1, 0.15) is 10.6 Å². The first-order valence-corrected chi connectivity index (χ1v) is 12.4. The molecule has 33 heavy (non-hydrogen) atoms. The van der Waals surface area contributed by atoms with Gasteiger partial charge >= 0.3 is 0 Å². The lowest BCUT2D eigenvalue weighted by Gasteiger charge is -2.35. The predicted octanol–water partition coefficient (Wildman–Crippen LogP) is 3.28. The summed E-state index contributed by atoms with van der Waals surface area (Å²) in [7, 11) is -1.17. The number of piperidine rings is 1. The quantitative estimate of drug-likeness (QED) is 0.670. The molecule has 0 aliphatic carbocycles. The number of amides is 2. The average molecular weight is 474 g/mol. The van der Waals surface area contributed by atoms with E-state index in [-0.39, 0.29) is 22.1 Å². The van der Waals surface area contributed by atoms with Crippen LogP contribution in [-0.2, 0) is 10.0 Å². The first-order valence-electron chi connectivity index (χ1n) is 10.9.